The molecule has 0 aliphatic rings. The first-order chi connectivity index (χ1) is 15.6. The molecule has 2 N–H and O–H groups in total. The summed E-state index contributed by atoms with van der Waals surface area (Å²) < 4.78 is 7.77. The van der Waals surface area contributed by atoms with Crippen LogP contribution in [-0.2, 0) is 11.3 Å². The summed E-state index contributed by atoms with van der Waals surface area (Å²) in [4.78, 5) is 40.9. The van der Waals surface area contributed by atoms with Gasteiger partial charge in [0.1, 0.15) is 11.4 Å². The van der Waals surface area contributed by atoms with Crippen molar-refractivity contribution in [3.05, 3.63) is 88.7 Å². The normalized spacial score (nSPS) is 10.7. The summed E-state index contributed by atoms with van der Waals surface area (Å²) in [6.45, 7) is 2.46. The third-order valence-electron chi connectivity index (χ3n) is 4.74. The van der Waals surface area contributed by atoms with Gasteiger partial charge in [-0.3, -0.25) is 20.4 Å². The van der Waals surface area contributed by atoms with Crippen molar-refractivity contribution in [3.8, 4) is 0 Å². The summed E-state index contributed by atoms with van der Waals surface area (Å²) in [5, 5.41) is 1.97. The van der Waals surface area contributed by atoms with Crippen molar-refractivity contribution in [2.24, 2.45) is 0 Å². The highest BCUT2D eigenvalue weighted by molar-refractivity contribution is 7.17. The Kier molecular flexibility index (Phi) is 6.27. The van der Waals surface area contributed by atoms with E-state index in [1.54, 1.807) is 24.3 Å². The van der Waals surface area contributed by atoms with E-state index in [0.29, 0.717) is 12.2 Å². The van der Waals surface area contributed by atoms with Gasteiger partial charge in [-0.15, -0.1) is 11.3 Å². The molecule has 0 saturated carbocycles. The second-order valence-corrected chi connectivity index (χ2v) is 7.78. The van der Waals surface area contributed by atoms with Gasteiger partial charge in [0.25, 0.3) is 11.8 Å². The van der Waals surface area contributed by atoms with Crippen LogP contribution in [-0.4, -0.2) is 33.9 Å². The molecule has 8 nitrogen and oxygen atoms in total. The van der Waals surface area contributed by atoms with E-state index in [-0.39, 0.29) is 17.9 Å². The Morgan fingerprint density at radius 1 is 1.03 bits per heavy atom. The molecule has 0 aliphatic heterocycles. The van der Waals surface area contributed by atoms with E-state index in [4.69, 9.17) is 4.74 Å². The number of nitrogens with one attached hydrogen (secondary N) is 2. The molecule has 0 fully saturated rings. The van der Waals surface area contributed by atoms with Gasteiger partial charge in [-0.1, -0.05) is 30.3 Å². The van der Waals surface area contributed by atoms with Gasteiger partial charge in [0, 0.05) is 12.7 Å². The molecule has 3 aromatic heterocycles. The molecule has 4 rings (SSSR count). The van der Waals surface area contributed by atoms with Crippen LogP contribution in [0.5, 0.6) is 0 Å². The second-order valence-electron chi connectivity index (χ2n) is 6.83. The fourth-order valence-corrected chi connectivity index (χ4v) is 4.03. The van der Waals surface area contributed by atoms with Crippen LogP contribution in [0.25, 0.3) is 10.2 Å². The minimum absolute atomic E-state index is 0.103. The third-order valence-corrected chi connectivity index (χ3v) is 5.59. The summed E-state index contributed by atoms with van der Waals surface area (Å²) in [5.41, 5.74) is 7.60. The number of nitrogens with zero attached hydrogens (tertiary/aromatic N) is 2. The maximum atomic E-state index is 12.9. The number of amides is 2. The van der Waals surface area contributed by atoms with Crippen molar-refractivity contribution in [1.29, 1.82) is 0 Å². The number of esters is 1. The van der Waals surface area contributed by atoms with E-state index in [2.05, 4.69) is 15.8 Å². The van der Waals surface area contributed by atoms with Crippen LogP contribution >= 0.6 is 11.3 Å². The van der Waals surface area contributed by atoms with Gasteiger partial charge in [0.05, 0.1) is 22.4 Å². The van der Waals surface area contributed by atoms with Crippen molar-refractivity contribution in [1.82, 2.24) is 20.4 Å². The summed E-state index contributed by atoms with van der Waals surface area (Å²) in [6.07, 6.45) is 1.25. The predicted molar refractivity (Wildman–Crippen MR) is 120 cm³/mol. The lowest BCUT2D eigenvalue weighted by Gasteiger charge is -2.12. The molecule has 0 aliphatic carbocycles. The van der Waals surface area contributed by atoms with Gasteiger partial charge in [-0.2, -0.15) is 0 Å². The van der Waals surface area contributed by atoms with E-state index in [1.807, 2.05) is 46.3 Å². The lowest BCUT2D eigenvalue weighted by Crippen LogP contribution is -2.42. The highest BCUT2D eigenvalue weighted by atomic mass is 32.1. The molecule has 1 aromatic carbocycles. The molecule has 3 heterocycles. The number of benzene rings is 1. The van der Waals surface area contributed by atoms with Crippen molar-refractivity contribution in [3.63, 3.8) is 0 Å². The molecule has 162 valence electrons. The molecule has 0 bridgehead atoms. The third kappa shape index (κ3) is 4.52. The minimum Gasteiger partial charge on any atom is -0.461 e. The summed E-state index contributed by atoms with van der Waals surface area (Å²) >= 11 is 1.54. The lowest BCUT2D eigenvalue weighted by molar-refractivity contribution is 0.0519. The standard InChI is InChI=1S/C23H20N4O4S/c1-2-31-23(30)17-9-8-16(13-24-17)21(28)25-26-22(29)19-12-20-18(10-11-32-20)27(19)14-15-6-4-3-5-7-15/h3-13H,2,14H2,1H3,(H,25,28)(H,26,29). The quantitative estimate of drug-likeness (QED) is 0.348. The average molecular weight is 449 g/mol. The first kappa shape index (κ1) is 21.3. The fraction of sp³-hybridized carbons (Fsp3) is 0.130. The van der Waals surface area contributed by atoms with E-state index in [9.17, 15) is 14.4 Å². The first-order valence-electron chi connectivity index (χ1n) is 9.91. The SMILES string of the molecule is CCOC(=O)c1ccc(C(=O)NNC(=O)c2cc3sccc3n2Cc2ccccc2)cn1. The van der Waals surface area contributed by atoms with Gasteiger partial charge in [-0.25, -0.2) is 9.78 Å². The molecule has 0 radical (unpaired) electrons. The number of carbonyl (C=O) groups excluding carboxylic acids is 3. The minimum atomic E-state index is -0.563. The van der Waals surface area contributed by atoms with Gasteiger partial charge in [-0.05, 0) is 42.1 Å². The van der Waals surface area contributed by atoms with Crippen molar-refractivity contribution >= 4 is 39.3 Å². The van der Waals surface area contributed by atoms with Crippen LogP contribution < -0.4 is 10.9 Å². The number of thiophene rings is 1. The molecule has 0 spiro atoms. The number of fused-ring (bicyclic) bond motifs is 1. The molecule has 2 amide bonds. The number of rotatable bonds is 6. The van der Waals surface area contributed by atoms with Gasteiger partial charge < -0.3 is 9.30 Å². The van der Waals surface area contributed by atoms with Crippen LogP contribution in [0.3, 0.4) is 0 Å². The molecule has 4 aromatic rings. The second kappa shape index (κ2) is 9.44. The Hall–Kier alpha value is -3.98. The average Bonchev–Trinajstić information content (AvgIpc) is 3.41. The Bertz CT molecular complexity index is 1260. The first-order valence-corrected chi connectivity index (χ1v) is 10.8. The largest absolute Gasteiger partial charge is 0.461 e. The van der Waals surface area contributed by atoms with Crippen LogP contribution in [0, 0.1) is 0 Å². The molecule has 0 atom stereocenters. The number of pyridine rings is 1. The van der Waals surface area contributed by atoms with E-state index in [1.165, 1.54) is 18.3 Å². The lowest BCUT2D eigenvalue weighted by atomic mass is 10.2. The highest BCUT2D eigenvalue weighted by Crippen LogP contribution is 2.26. The van der Waals surface area contributed by atoms with Gasteiger partial charge in [0.15, 0.2) is 0 Å². The Labute approximate surface area is 187 Å². The molecule has 32 heavy (non-hydrogen) atoms. The predicted octanol–water partition coefficient (Wildman–Crippen LogP) is 3.40. The number of aromatic nitrogens is 2. The zero-order chi connectivity index (χ0) is 22.5. The fourth-order valence-electron chi connectivity index (χ4n) is 3.21. The van der Waals surface area contributed by atoms with Crippen LogP contribution in [0.2, 0.25) is 0 Å². The van der Waals surface area contributed by atoms with Crippen LogP contribution in [0.15, 0.2) is 66.2 Å². The van der Waals surface area contributed by atoms with Gasteiger partial charge in [0.2, 0.25) is 0 Å². The molecular weight excluding hydrogens is 428 g/mol. The number of hydrogen-bond acceptors (Lipinski definition) is 6. The molecular formula is C23H20N4O4S. The van der Waals surface area contributed by atoms with E-state index >= 15 is 0 Å². The Balaban J connectivity index is 1.46. The summed E-state index contributed by atoms with van der Waals surface area (Å²) in [6, 6.07) is 16.4. The topological polar surface area (TPSA) is 102 Å². The number of ether oxygens (including phenoxy) is 1. The highest BCUT2D eigenvalue weighted by Gasteiger charge is 2.18. The Morgan fingerprint density at radius 3 is 2.53 bits per heavy atom. The van der Waals surface area contributed by atoms with E-state index < -0.39 is 17.8 Å². The Morgan fingerprint density at radius 2 is 1.81 bits per heavy atom. The van der Waals surface area contributed by atoms with Crippen molar-refractivity contribution < 1.29 is 19.1 Å². The number of hydrazine groups is 1. The van der Waals surface area contributed by atoms with Crippen LogP contribution in [0.4, 0.5) is 0 Å². The zero-order valence-electron chi connectivity index (χ0n) is 17.2. The molecule has 0 saturated heterocycles. The molecule has 0 unspecified atom stereocenters. The summed E-state index contributed by atoms with van der Waals surface area (Å²) in [7, 11) is 0. The molecule has 9 heteroatoms. The van der Waals surface area contributed by atoms with Crippen molar-refractivity contribution in [2.75, 3.05) is 6.61 Å². The maximum Gasteiger partial charge on any atom is 0.356 e. The monoisotopic (exact) mass is 448 g/mol. The zero-order valence-corrected chi connectivity index (χ0v) is 18.0. The number of carbonyl (C=O) groups is 3. The van der Waals surface area contributed by atoms with E-state index in [0.717, 1.165) is 15.8 Å². The number of hydrogen-bond donors (Lipinski definition) is 2. The summed E-state index contributed by atoms with van der Waals surface area (Å²) in [5.74, 6) is -1.55. The van der Waals surface area contributed by atoms with Gasteiger partial charge >= 0.3 is 5.97 Å². The van der Waals surface area contributed by atoms with Crippen LogP contribution in [0.1, 0.15) is 43.8 Å². The smallest absolute Gasteiger partial charge is 0.356 e. The van der Waals surface area contributed by atoms with Crippen molar-refractivity contribution in [2.45, 2.75) is 13.5 Å². The maximum absolute atomic E-state index is 12.9.